The molecule has 1 amide bonds. The van der Waals surface area contributed by atoms with Crippen LogP contribution in [0.1, 0.15) is 37.0 Å². The Morgan fingerprint density at radius 3 is 2.74 bits per heavy atom. The quantitative estimate of drug-likeness (QED) is 0.926. The number of rotatable bonds is 4. The average Bonchev–Trinajstić information content (AvgIpc) is 2.77. The summed E-state index contributed by atoms with van der Waals surface area (Å²) in [7, 11) is 0. The van der Waals surface area contributed by atoms with Crippen molar-refractivity contribution in [1.29, 1.82) is 0 Å². The molecule has 102 valence electrons. The SMILES string of the molecule is CCc1cc2c(=O)n(C(CC)C(N)=O)c(C)nc2s1. The van der Waals surface area contributed by atoms with Gasteiger partial charge in [0, 0.05) is 4.88 Å². The highest BCUT2D eigenvalue weighted by Crippen LogP contribution is 2.23. The van der Waals surface area contributed by atoms with Gasteiger partial charge in [-0.25, -0.2) is 4.98 Å². The number of aryl methyl sites for hydroxylation is 2. The molecule has 2 N–H and O–H groups in total. The maximum absolute atomic E-state index is 12.5. The average molecular weight is 279 g/mol. The van der Waals surface area contributed by atoms with E-state index >= 15 is 0 Å². The lowest BCUT2D eigenvalue weighted by atomic mass is 10.2. The van der Waals surface area contributed by atoms with Crippen LogP contribution in [-0.2, 0) is 11.2 Å². The topological polar surface area (TPSA) is 78.0 Å². The van der Waals surface area contributed by atoms with Gasteiger partial charge >= 0.3 is 0 Å². The summed E-state index contributed by atoms with van der Waals surface area (Å²) in [4.78, 5) is 30.3. The smallest absolute Gasteiger partial charge is 0.263 e. The van der Waals surface area contributed by atoms with Crippen LogP contribution in [0.25, 0.3) is 10.2 Å². The lowest BCUT2D eigenvalue weighted by Crippen LogP contribution is -2.35. The van der Waals surface area contributed by atoms with E-state index in [2.05, 4.69) is 4.98 Å². The van der Waals surface area contributed by atoms with Crippen LogP contribution in [0, 0.1) is 6.92 Å². The van der Waals surface area contributed by atoms with E-state index in [1.807, 2.05) is 19.9 Å². The van der Waals surface area contributed by atoms with Crippen LogP contribution >= 0.6 is 11.3 Å². The number of thiophene rings is 1. The molecule has 0 saturated heterocycles. The first-order valence-corrected chi connectivity index (χ1v) is 7.12. The zero-order chi connectivity index (χ0) is 14.2. The van der Waals surface area contributed by atoms with Gasteiger partial charge in [-0.2, -0.15) is 0 Å². The normalized spacial score (nSPS) is 12.8. The zero-order valence-corrected chi connectivity index (χ0v) is 12.1. The molecule has 0 aliphatic heterocycles. The third-order valence-electron chi connectivity index (χ3n) is 3.20. The van der Waals surface area contributed by atoms with Gasteiger partial charge in [0.1, 0.15) is 16.7 Å². The van der Waals surface area contributed by atoms with Crippen molar-refractivity contribution in [2.24, 2.45) is 5.73 Å². The number of fused-ring (bicyclic) bond motifs is 1. The number of hydrogen-bond acceptors (Lipinski definition) is 4. The lowest BCUT2D eigenvalue weighted by molar-refractivity contribution is -0.121. The minimum Gasteiger partial charge on any atom is -0.368 e. The fraction of sp³-hybridized carbons (Fsp3) is 0.462. The zero-order valence-electron chi connectivity index (χ0n) is 11.3. The van der Waals surface area contributed by atoms with Gasteiger partial charge in [-0.1, -0.05) is 13.8 Å². The van der Waals surface area contributed by atoms with Crippen LogP contribution in [0.2, 0.25) is 0 Å². The summed E-state index contributed by atoms with van der Waals surface area (Å²) < 4.78 is 1.41. The fourth-order valence-corrected chi connectivity index (χ4v) is 3.20. The molecular weight excluding hydrogens is 262 g/mol. The Hall–Kier alpha value is -1.69. The van der Waals surface area contributed by atoms with E-state index < -0.39 is 11.9 Å². The standard InChI is InChI=1S/C13H17N3O2S/c1-4-8-6-9-12(19-8)15-7(3)16(13(9)18)10(5-2)11(14)17/h6,10H,4-5H2,1-3H3,(H2,14,17). The Morgan fingerprint density at radius 2 is 2.21 bits per heavy atom. The van der Waals surface area contributed by atoms with Gasteiger partial charge in [0.15, 0.2) is 0 Å². The van der Waals surface area contributed by atoms with Crippen LogP contribution in [0.3, 0.4) is 0 Å². The minimum absolute atomic E-state index is 0.177. The van der Waals surface area contributed by atoms with E-state index in [4.69, 9.17) is 5.73 Å². The monoisotopic (exact) mass is 279 g/mol. The molecule has 0 aromatic carbocycles. The second kappa shape index (κ2) is 5.13. The summed E-state index contributed by atoms with van der Waals surface area (Å²) in [5.41, 5.74) is 5.19. The molecule has 0 spiro atoms. The molecule has 0 fully saturated rings. The van der Waals surface area contributed by atoms with Crippen molar-refractivity contribution >= 4 is 27.5 Å². The second-order valence-electron chi connectivity index (χ2n) is 4.45. The van der Waals surface area contributed by atoms with Crippen molar-refractivity contribution < 1.29 is 4.79 Å². The van der Waals surface area contributed by atoms with Crippen molar-refractivity contribution in [3.63, 3.8) is 0 Å². The summed E-state index contributed by atoms with van der Waals surface area (Å²) in [6.07, 6.45) is 1.35. The van der Waals surface area contributed by atoms with Crippen LogP contribution in [-0.4, -0.2) is 15.5 Å². The number of nitrogens with two attached hydrogens (primary N) is 1. The number of hydrogen-bond donors (Lipinski definition) is 1. The second-order valence-corrected chi connectivity index (χ2v) is 5.56. The van der Waals surface area contributed by atoms with Crippen molar-refractivity contribution in [2.45, 2.75) is 39.7 Å². The van der Waals surface area contributed by atoms with Gasteiger partial charge in [0.2, 0.25) is 5.91 Å². The molecule has 1 unspecified atom stereocenters. The predicted molar refractivity (Wildman–Crippen MR) is 76.5 cm³/mol. The van der Waals surface area contributed by atoms with Crippen LogP contribution in [0.5, 0.6) is 0 Å². The number of carbonyl (C=O) groups excluding carboxylic acids is 1. The maximum atomic E-state index is 12.5. The van der Waals surface area contributed by atoms with Crippen LogP contribution < -0.4 is 11.3 Å². The number of amides is 1. The molecule has 0 aliphatic rings. The number of primary amides is 1. The van der Waals surface area contributed by atoms with E-state index in [0.717, 1.165) is 16.1 Å². The van der Waals surface area contributed by atoms with E-state index in [1.165, 1.54) is 15.9 Å². The van der Waals surface area contributed by atoms with Crippen molar-refractivity contribution in [1.82, 2.24) is 9.55 Å². The number of nitrogens with zero attached hydrogens (tertiary/aromatic N) is 2. The van der Waals surface area contributed by atoms with Crippen LogP contribution in [0.15, 0.2) is 10.9 Å². The highest BCUT2D eigenvalue weighted by molar-refractivity contribution is 7.18. The van der Waals surface area contributed by atoms with Crippen molar-refractivity contribution in [3.8, 4) is 0 Å². The molecular formula is C13H17N3O2S. The molecule has 0 aliphatic carbocycles. The van der Waals surface area contributed by atoms with Gasteiger partial charge < -0.3 is 5.73 Å². The van der Waals surface area contributed by atoms with Gasteiger partial charge in [0.05, 0.1) is 5.39 Å². The third-order valence-corrected chi connectivity index (χ3v) is 4.37. The largest absolute Gasteiger partial charge is 0.368 e. The summed E-state index contributed by atoms with van der Waals surface area (Å²) in [6, 6.07) is 1.23. The summed E-state index contributed by atoms with van der Waals surface area (Å²) in [5, 5.41) is 0.576. The fourth-order valence-electron chi connectivity index (χ4n) is 2.20. The maximum Gasteiger partial charge on any atom is 0.263 e. The molecule has 2 aromatic rings. The van der Waals surface area contributed by atoms with Crippen LogP contribution in [0.4, 0.5) is 0 Å². The Morgan fingerprint density at radius 1 is 1.53 bits per heavy atom. The molecule has 0 saturated carbocycles. The molecule has 2 rings (SSSR count). The number of aromatic nitrogens is 2. The Bertz CT molecular complexity index is 687. The third kappa shape index (κ3) is 2.28. The lowest BCUT2D eigenvalue weighted by Gasteiger charge is -2.16. The Balaban J connectivity index is 2.74. The molecule has 19 heavy (non-hydrogen) atoms. The first kappa shape index (κ1) is 13.7. The number of carbonyl (C=O) groups is 1. The Kier molecular flexibility index (Phi) is 3.71. The minimum atomic E-state index is -0.630. The van der Waals surface area contributed by atoms with E-state index in [-0.39, 0.29) is 5.56 Å². The molecule has 6 heteroatoms. The summed E-state index contributed by atoms with van der Waals surface area (Å²) >= 11 is 1.52. The molecule has 2 heterocycles. The van der Waals surface area contributed by atoms with E-state index in [1.54, 1.807) is 6.92 Å². The molecule has 1 atom stereocenters. The molecule has 0 bridgehead atoms. The summed E-state index contributed by atoms with van der Waals surface area (Å²) in [6.45, 7) is 5.60. The van der Waals surface area contributed by atoms with Gasteiger partial charge in [-0.15, -0.1) is 11.3 Å². The molecule has 2 aromatic heterocycles. The van der Waals surface area contributed by atoms with Crippen molar-refractivity contribution in [3.05, 3.63) is 27.1 Å². The van der Waals surface area contributed by atoms with Gasteiger partial charge in [-0.3, -0.25) is 14.2 Å². The van der Waals surface area contributed by atoms with Crippen molar-refractivity contribution in [2.75, 3.05) is 0 Å². The first-order chi connectivity index (χ1) is 8.99. The summed E-state index contributed by atoms with van der Waals surface area (Å²) in [5.74, 6) is 0.0347. The highest BCUT2D eigenvalue weighted by Gasteiger charge is 2.21. The molecule has 0 radical (unpaired) electrons. The van der Waals surface area contributed by atoms with Gasteiger partial charge in [0.25, 0.3) is 5.56 Å². The Labute approximate surface area is 115 Å². The molecule has 5 nitrogen and oxygen atoms in total. The van der Waals surface area contributed by atoms with Gasteiger partial charge in [-0.05, 0) is 25.8 Å². The first-order valence-electron chi connectivity index (χ1n) is 6.30. The predicted octanol–water partition coefficient (Wildman–Crippen LogP) is 1.77. The van der Waals surface area contributed by atoms with E-state index in [9.17, 15) is 9.59 Å². The highest BCUT2D eigenvalue weighted by atomic mass is 32.1. The van der Waals surface area contributed by atoms with E-state index in [0.29, 0.717) is 17.6 Å².